The number of thiazole rings is 1. The van der Waals surface area contributed by atoms with Crippen LogP contribution in [-0.2, 0) is 6.42 Å². The average molecular weight is 317 g/mol. The van der Waals surface area contributed by atoms with Crippen molar-refractivity contribution in [2.45, 2.75) is 13.3 Å². The molecule has 3 rings (SSSR count). The number of hydrogen-bond acceptors (Lipinski definition) is 6. The molecule has 21 heavy (non-hydrogen) atoms. The lowest BCUT2D eigenvalue weighted by molar-refractivity contribution is 0.936. The van der Waals surface area contributed by atoms with Crippen molar-refractivity contribution in [3.63, 3.8) is 0 Å². The molecule has 0 saturated heterocycles. The molecule has 3 aromatic heterocycles. The van der Waals surface area contributed by atoms with Crippen LogP contribution in [0.5, 0.6) is 0 Å². The van der Waals surface area contributed by atoms with Crippen LogP contribution in [0.1, 0.15) is 17.5 Å². The van der Waals surface area contributed by atoms with Gasteiger partial charge in [-0.2, -0.15) is 5.26 Å². The van der Waals surface area contributed by atoms with Crippen LogP contribution in [0, 0.1) is 11.3 Å². The van der Waals surface area contributed by atoms with Gasteiger partial charge in [-0.05, 0) is 18.6 Å². The fourth-order valence-electron chi connectivity index (χ4n) is 1.86. The summed E-state index contributed by atoms with van der Waals surface area (Å²) < 4.78 is 0. The maximum atomic E-state index is 9.07. The molecule has 0 bridgehead atoms. The van der Waals surface area contributed by atoms with Crippen molar-refractivity contribution < 1.29 is 0 Å². The lowest BCUT2D eigenvalue weighted by atomic mass is 10.2. The predicted molar refractivity (Wildman–Crippen MR) is 79.8 cm³/mol. The number of nitrogens with one attached hydrogen (secondary N) is 1. The number of H-pyrrole nitrogens is 1. The van der Waals surface area contributed by atoms with Crippen LogP contribution in [-0.4, -0.2) is 25.4 Å². The quantitative estimate of drug-likeness (QED) is 0.801. The minimum absolute atomic E-state index is 0.311. The van der Waals surface area contributed by atoms with E-state index in [2.05, 4.69) is 25.4 Å². The highest BCUT2D eigenvalue weighted by Gasteiger charge is 2.19. The molecule has 6 nitrogen and oxygen atoms in total. The Labute approximate surface area is 129 Å². The number of aromatic amines is 1. The van der Waals surface area contributed by atoms with Crippen molar-refractivity contribution in [2.75, 3.05) is 0 Å². The van der Waals surface area contributed by atoms with Crippen molar-refractivity contribution in [1.29, 1.82) is 5.26 Å². The second kappa shape index (κ2) is 5.60. The molecular weight excluding hydrogens is 308 g/mol. The van der Waals surface area contributed by atoms with Gasteiger partial charge in [0.1, 0.15) is 22.5 Å². The van der Waals surface area contributed by atoms with Crippen molar-refractivity contribution in [2.24, 2.45) is 0 Å². The molecule has 0 aromatic carbocycles. The fraction of sp³-hybridized carbons (Fsp3) is 0.154. The first-order chi connectivity index (χ1) is 10.2. The lowest BCUT2D eigenvalue weighted by Gasteiger charge is -1.94. The highest BCUT2D eigenvalue weighted by Crippen LogP contribution is 2.33. The van der Waals surface area contributed by atoms with Crippen LogP contribution in [0.4, 0.5) is 0 Å². The van der Waals surface area contributed by atoms with E-state index >= 15 is 0 Å². The van der Waals surface area contributed by atoms with Gasteiger partial charge in [-0.25, -0.2) is 10.1 Å². The number of pyridine rings is 1. The first kappa shape index (κ1) is 13.7. The third kappa shape index (κ3) is 2.51. The fourth-order valence-corrected chi connectivity index (χ4v) is 2.95. The van der Waals surface area contributed by atoms with Gasteiger partial charge in [0, 0.05) is 11.1 Å². The van der Waals surface area contributed by atoms with Gasteiger partial charge in [-0.15, -0.1) is 16.4 Å². The summed E-state index contributed by atoms with van der Waals surface area (Å²) in [5, 5.41) is 20.6. The minimum atomic E-state index is 0.311. The van der Waals surface area contributed by atoms with Gasteiger partial charge in [0.15, 0.2) is 5.69 Å². The zero-order valence-electron chi connectivity index (χ0n) is 11.0. The van der Waals surface area contributed by atoms with Crippen LogP contribution in [0.15, 0.2) is 18.3 Å². The number of aryl methyl sites for hydroxylation is 1. The van der Waals surface area contributed by atoms with Crippen molar-refractivity contribution in [3.8, 4) is 28.2 Å². The molecule has 0 atom stereocenters. The standard InChI is InChI=1S/C13H9ClN6S/c1-2-10-12(11-9(5-15)18-20-19-11)17-13(21-10)8-4-3-7(14)6-16-8/h3-4,6H,2H2,1H3,(H,18,19,20). The van der Waals surface area contributed by atoms with Crippen LogP contribution in [0.2, 0.25) is 5.02 Å². The van der Waals surface area contributed by atoms with E-state index in [0.29, 0.717) is 22.1 Å². The van der Waals surface area contributed by atoms with E-state index in [1.54, 1.807) is 12.3 Å². The van der Waals surface area contributed by atoms with Crippen LogP contribution in [0.3, 0.4) is 0 Å². The second-order valence-corrected chi connectivity index (χ2v) is 5.67. The van der Waals surface area contributed by atoms with Crippen molar-refractivity contribution >= 4 is 22.9 Å². The van der Waals surface area contributed by atoms with E-state index in [4.69, 9.17) is 16.9 Å². The Hall–Kier alpha value is -2.30. The third-order valence-electron chi connectivity index (χ3n) is 2.85. The molecule has 1 N–H and O–H groups in total. The Balaban J connectivity index is 2.11. The first-order valence-corrected chi connectivity index (χ1v) is 7.35. The molecule has 0 fully saturated rings. The van der Waals surface area contributed by atoms with E-state index in [1.807, 2.05) is 19.1 Å². The van der Waals surface area contributed by atoms with E-state index in [1.165, 1.54) is 11.3 Å². The number of nitriles is 1. The normalized spacial score (nSPS) is 10.5. The summed E-state index contributed by atoms with van der Waals surface area (Å²) in [6.07, 6.45) is 2.37. The van der Waals surface area contributed by atoms with Crippen molar-refractivity contribution in [3.05, 3.63) is 33.9 Å². The zero-order chi connectivity index (χ0) is 14.8. The van der Waals surface area contributed by atoms with Crippen LogP contribution >= 0.6 is 22.9 Å². The maximum absolute atomic E-state index is 9.07. The molecule has 0 aliphatic carbocycles. The summed E-state index contributed by atoms with van der Waals surface area (Å²) in [6.45, 7) is 2.03. The van der Waals surface area contributed by atoms with Gasteiger partial charge in [0.2, 0.25) is 0 Å². The molecule has 0 radical (unpaired) electrons. The number of halogens is 1. The van der Waals surface area contributed by atoms with Gasteiger partial charge in [-0.3, -0.25) is 4.98 Å². The lowest BCUT2D eigenvalue weighted by Crippen LogP contribution is -1.88. The summed E-state index contributed by atoms with van der Waals surface area (Å²) in [5.74, 6) is 0. The summed E-state index contributed by atoms with van der Waals surface area (Å²) in [7, 11) is 0. The van der Waals surface area contributed by atoms with E-state index in [-0.39, 0.29) is 0 Å². The molecule has 0 saturated carbocycles. The van der Waals surface area contributed by atoms with E-state index in [9.17, 15) is 0 Å². The maximum Gasteiger partial charge on any atom is 0.165 e. The topological polar surface area (TPSA) is 91.1 Å². The number of hydrogen-bond donors (Lipinski definition) is 1. The number of rotatable bonds is 3. The monoisotopic (exact) mass is 316 g/mol. The molecular formula is C13H9ClN6S. The Kier molecular flexibility index (Phi) is 3.64. The third-order valence-corrected chi connectivity index (χ3v) is 4.30. The molecule has 0 unspecified atom stereocenters. The summed E-state index contributed by atoms with van der Waals surface area (Å²) in [4.78, 5) is 9.87. The summed E-state index contributed by atoms with van der Waals surface area (Å²) in [5.41, 5.74) is 2.21. The molecule has 0 aliphatic rings. The zero-order valence-corrected chi connectivity index (χ0v) is 12.5. The number of nitrogens with zero attached hydrogens (tertiary/aromatic N) is 5. The molecule has 104 valence electrons. The van der Waals surface area contributed by atoms with Gasteiger partial charge < -0.3 is 0 Å². The van der Waals surface area contributed by atoms with Crippen LogP contribution < -0.4 is 0 Å². The average Bonchev–Trinajstić information content (AvgIpc) is 3.13. The van der Waals surface area contributed by atoms with Crippen molar-refractivity contribution in [1.82, 2.24) is 25.4 Å². The molecule has 8 heteroatoms. The molecule has 3 aromatic rings. The Morgan fingerprint density at radius 1 is 1.38 bits per heavy atom. The summed E-state index contributed by atoms with van der Waals surface area (Å²) >= 11 is 7.37. The van der Waals surface area contributed by atoms with Gasteiger partial charge in [0.05, 0.1) is 10.7 Å². The Morgan fingerprint density at radius 2 is 2.24 bits per heavy atom. The minimum Gasteiger partial charge on any atom is -0.252 e. The molecule has 0 amide bonds. The summed E-state index contributed by atoms with van der Waals surface area (Å²) in [6, 6.07) is 5.62. The second-order valence-electron chi connectivity index (χ2n) is 4.15. The van der Waals surface area contributed by atoms with Gasteiger partial charge in [0.25, 0.3) is 0 Å². The smallest absolute Gasteiger partial charge is 0.165 e. The van der Waals surface area contributed by atoms with Crippen LogP contribution in [0.25, 0.3) is 22.1 Å². The SMILES string of the molecule is CCc1sc(-c2ccc(Cl)cn2)nc1-c1nn[nH]c1C#N. The Bertz CT molecular complexity index is 814. The van der Waals surface area contributed by atoms with E-state index < -0.39 is 0 Å². The highest BCUT2D eigenvalue weighted by atomic mass is 35.5. The van der Waals surface area contributed by atoms with E-state index in [0.717, 1.165) is 22.0 Å². The molecule has 0 aliphatic heterocycles. The van der Waals surface area contributed by atoms with Gasteiger partial charge >= 0.3 is 0 Å². The largest absolute Gasteiger partial charge is 0.252 e. The Morgan fingerprint density at radius 3 is 2.90 bits per heavy atom. The highest BCUT2D eigenvalue weighted by molar-refractivity contribution is 7.15. The first-order valence-electron chi connectivity index (χ1n) is 6.16. The molecule has 3 heterocycles. The number of aromatic nitrogens is 5. The predicted octanol–water partition coefficient (Wildman–Crippen LogP) is 3.08. The van der Waals surface area contributed by atoms with Gasteiger partial charge in [-0.1, -0.05) is 23.7 Å². The molecule has 0 spiro atoms.